The van der Waals surface area contributed by atoms with Crippen molar-refractivity contribution in [2.45, 2.75) is 5.33 Å². The molecule has 0 amide bonds. The fourth-order valence-electron chi connectivity index (χ4n) is 1.18. The predicted molar refractivity (Wildman–Crippen MR) is 52.6 cm³/mol. The molecule has 2 heterocycles. The molecule has 0 bridgehead atoms. The first-order chi connectivity index (χ1) is 6.72. The highest BCUT2D eigenvalue weighted by molar-refractivity contribution is 9.08. The monoisotopic (exact) mass is 255 g/mol. The summed E-state index contributed by atoms with van der Waals surface area (Å²) < 4.78 is 1.60. The molecule has 0 radical (unpaired) electrons. The molecule has 0 fully saturated rings. The summed E-state index contributed by atoms with van der Waals surface area (Å²) in [5, 5.41) is 13.4. The Labute approximate surface area is 87.5 Å². The molecule has 0 aliphatic heterocycles. The number of hydrogen-bond donors (Lipinski definition) is 1. The topological polar surface area (TPSA) is 67.5 Å². The first kappa shape index (κ1) is 9.14. The maximum absolute atomic E-state index is 10.7. The Bertz CT molecular complexity index is 494. The maximum Gasteiger partial charge on any atom is 0.354 e. The van der Waals surface area contributed by atoms with E-state index in [4.69, 9.17) is 5.11 Å². The second-order valence-electron chi connectivity index (χ2n) is 2.67. The molecule has 0 aliphatic rings. The van der Waals surface area contributed by atoms with Crippen LogP contribution < -0.4 is 0 Å². The number of alkyl halides is 1. The molecule has 2 rings (SSSR count). The van der Waals surface area contributed by atoms with E-state index in [2.05, 4.69) is 26.0 Å². The van der Waals surface area contributed by atoms with Crippen LogP contribution in [-0.4, -0.2) is 25.7 Å². The van der Waals surface area contributed by atoms with E-state index in [-0.39, 0.29) is 5.69 Å². The molecule has 0 saturated heterocycles. The molecule has 6 heteroatoms. The van der Waals surface area contributed by atoms with Crippen LogP contribution in [-0.2, 0) is 5.33 Å². The normalized spacial score (nSPS) is 10.6. The average Bonchev–Trinajstić information content (AvgIpc) is 2.63. The highest BCUT2D eigenvalue weighted by Gasteiger charge is 2.10. The van der Waals surface area contributed by atoms with E-state index >= 15 is 0 Å². The summed E-state index contributed by atoms with van der Waals surface area (Å²) in [7, 11) is 0. The minimum absolute atomic E-state index is 0.0347. The van der Waals surface area contributed by atoms with Crippen molar-refractivity contribution in [3.63, 3.8) is 0 Å². The van der Waals surface area contributed by atoms with Gasteiger partial charge in [-0.05, 0) is 6.07 Å². The minimum atomic E-state index is -1.03. The molecule has 2 aromatic rings. The van der Waals surface area contributed by atoms with Crippen LogP contribution in [0.1, 0.15) is 16.2 Å². The summed E-state index contributed by atoms with van der Waals surface area (Å²) in [6, 6.07) is 3.16. The average molecular weight is 256 g/mol. The maximum atomic E-state index is 10.7. The number of carboxylic acid groups (broad SMARTS) is 1. The summed E-state index contributed by atoms with van der Waals surface area (Å²) in [5.74, 6) is -1.03. The van der Waals surface area contributed by atoms with Crippen LogP contribution in [0.15, 0.2) is 18.3 Å². The van der Waals surface area contributed by atoms with E-state index < -0.39 is 5.97 Å². The van der Waals surface area contributed by atoms with Crippen LogP contribution in [0, 0.1) is 0 Å². The molecule has 1 N–H and O–H groups in total. The van der Waals surface area contributed by atoms with Gasteiger partial charge in [0.15, 0.2) is 11.3 Å². The van der Waals surface area contributed by atoms with Crippen LogP contribution in [0.5, 0.6) is 0 Å². The van der Waals surface area contributed by atoms with E-state index in [0.717, 1.165) is 5.69 Å². The number of rotatable bonds is 2. The standard InChI is InChI=1S/C8H6BrN3O2/c9-4-5-3-6(8(13)14)11-7-1-2-10-12(5)7/h1-3H,4H2,(H,13,14). The number of carboxylic acids is 1. The van der Waals surface area contributed by atoms with Gasteiger partial charge in [-0.25, -0.2) is 14.3 Å². The zero-order valence-electron chi connectivity index (χ0n) is 7.01. The summed E-state index contributed by atoms with van der Waals surface area (Å²) in [4.78, 5) is 14.7. The number of aromatic nitrogens is 3. The van der Waals surface area contributed by atoms with Gasteiger partial charge in [-0.3, -0.25) is 0 Å². The lowest BCUT2D eigenvalue weighted by molar-refractivity contribution is 0.0690. The van der Waals surface area contributed by atoms with Gasteiger partial charge in [-0.2, -0.15) is 5.10 Å². The molecular formula is C8H6BrN3O2. The van der Waals surface area contributed by atoms with Gasteiger partial charge in [0, 0.05) is 11.4 Å². The van der Waals surface area contributed by atoms with Crippen LogP contribution in [0.25, 0.3) is 5.65 Å². The van der Waals surface area contributed by atoms with Crippen molar-refractivity contribution in [1.29, 1.82) is 0 Å². The lowest BCUT2D eigenvalue weighted by atomic mass is 10.3. The van der Waals surface area contributed by atoms with Gasteiger partial charge >= 0.3 is 5.97 Å². The van der Waals surface area contributed by atoms with Crippen LogP contribution in [0.3, 0.4) is 0 Å². The van der Waals surface area contributed by atoms with Gasteiger partial charge in [-0.15, -0.1) is 0 Å². The van der Waals surface area contributed by atoms with E-state index in [1.54, 1.807) is 16.8 Å². The predicted octanol–water partition coefficient (Wildman–Crippen LogP) is 1.32. The fraction of sp³-hybridized carbons (Fsp3) is 0.125. The molecule has 0 spiro atoms. The molecular weight excluding hydrogens is 250 g/mol. The zero-order chi connectivity index (χ0) is 10.1. The van der Waals surface area contributed by atoms with E-state index in [9.17, 15) is 4.79 Å². The van der Waals surface area contributed by atoms with Crippen molar-refractivity contribution in [1.82, 2.24) is 14.6 Å². The van der Waals surface area contributed by atoms with Gasteiger partial charge in [-0.1, -0.05) is 15.9 Å². The summed E-state index contributed by atoms with van der Waals surface area (Å²) in [6.07, 6.45) is 1.58. The Morgan fingerprint density at radius 1 is 1.64 bits per heavy atom. The first-order valence-corrected chi connectivity index (χ1v) is 4.97. The van der Waals surface area contributed by atoms with Crippen molar-refractivity contribution in [3.8, 4) is 0 Å². The molecule has 0 unspecified atom stereocenters. The third-order valence-corrected chi connectivity index (χ3v) is 2.36. The highest BCUT2D eigenvalue weighted by Crippen LogP contribution is 2.10. The van der Waals surface area contributed by atoms with Crippen molar-refractivity contribution in [3.05, 3.63) is 29.7 Å². The lowest BCUT2D eigenvalue weighted by Crippen LogP contribution is -2.06. The van der Waals surface area contributed by atoms with Gasteiger partial charge < -0.3 is 5.11 Å². The molecule has 5 nitrogen and oxygen atoms in total. The number of halogens is 1. The first-order valence-electron chi connectivity index (χ1n) is 3.85. The largest absolute Gasteiger partial charge is 0.477 e. The molecule has 0 saturated carbocycles. The number of fused-ring (bicyclic) bond motifs is 1. The third-order valence-electron chi connectivity index (χ3n) is 1.79. The molecule has 2 aromatic heterocycles. The Kier molecular flexibility index (Phi) is 2.20. The number of aromatic carboxylic acids is 1. The van der Waals surface area contributed by atoms with Gasteiger partial charge in [0.2, 0.25) is 0 Å². The summed E-state index contributed by atoms with van der Waals surface area (Å²) in [5.41, 5.74) is 1.34. The second kappa shape index (κ2) is 3.38. The van der Waals surface area contributed by atoms with Crippen LogP contribution in [0.2, 0.25) is 0 Å². The van der Waals surface area contributed by atoms with Gasteiger partial charge in [0.25, 0.3) is 0 Å². The summed E-state index contributed by atoms with van der Waals surface area (Å²) in [6.45, 7) is 0. The Hall–Kier alpha value is -1.43. The van der Waals surface area contributed by atoms with Crippen LogP contribution >= 0.6 is 15.9 Å². The molecule has 14 heavy (non-hydrogen) atoms. The van der Waals surface area contributed by atoms with Crippen molar-refractivity contribution in [2.75, 3.05) is 0 Å². The van der Waals surface area contributed by atoms with Crippen molar-refractivity contribution < 1.29 is 9.90 Å². The van der Waals surface area contributed by atoms with Gasteiger partial charge in [0.1, 0.15) is 0 Å². The lowest BCUT2D eigenvalue weighted by Gasteiger charge is -2.01. The number of carbonyl (C=O) groups is 1. The fourth-order valence-corrected chi connectivity index (χ4v) is 1.58. The summed E-state index contributed by atoms with van der Waals surface area (Å²) >= 11 is 3.27. The van der Waals surface area contributed by atoms with E-state index in [0.29, 0.717) is 11.0 Å². The third kappa shape index (κ3) is 1.37. The van der Waals surface area contributed by atoms with Crippen molar-refractivity contribution in [2.24, 2.45) is 0 Å². The van der Waals surface area contributed by atoms with E-state index in [1.807, 2.05) is 0 Å². The Morgan fingerprint density at radius 3 is 3.07 bits per heavy atom. The Morgan fingerprint density at radius 2 is 2.43 bits per heavy atom. The van der Waals surface area contributed by atoms with Crippen molar-refractivity contribution >= 4 is 27.5 Å². The highest BCUT2D eigenvalue weighted by atomic mass is 79.9. The molecule has 0 aromatic carbocycles. The molecule has 0 atom stereocenters. The number of nitrogens with zero attached hydrogens (tertiary/aromatic N) is 3. The Balaban J connectivity index is 2.73. The zero-order valence-corrected chi connectivity index (χ0v) is 8.60. The van der Waals surface area contributed by atoms with Gasteiger partial charge in [0.05, 0.1) is 11.9 Å². The second-order valence-corrected chi connectivity index (χ2v) is 3.23. The smallest absolute Gasteiger partial charge is 0.354 e. The van der Waals surface area contributed by atoms with E-state index in [1.165, 1.54) is 6.07 Å². The van der Waals surface area contributed by atoms with Crippen LogP contribution in [0.4, 0.5) is 0 Å². The quantitative estimate of drug-likeness (QED) is 0.823. The number of hydrogen-bond acceptors (Lipinski definition) is 3. The SMILES string of the molecule is O=C(O)c1cc(CBr)n2nccc2n1. The molecule has 72 valence electrons. The minimum Gasteiger partial charge on any atom is -0.477 e. The molecule has 0 aliphatic carbocycles.